The van der Waals surface area contributed by atoms with Crippen LogP contribution in [-0.4, -0.2) is 33.9 Å². The molecule has 3 heterocycles. The number of amides is 2. The van der Waals surface area contributed by atoms with Crippen molar-refractivity contribution < 1.29 is 9.59 Å². The molecule has 0 spiro atoms. The SMILES string of the molecule is CCCCc1ccc2[nH]c(CCCC)c(CC[C@H]3NC(=O)[C@H](Cc4ccccn4)NC3=O)c2c1. The van der Waals surface area contributed by atoms with Crippen LogP contribution in [0, 0.1) is 0 Å². The van der Waals surface area contributed by atoms with Crippen molar-refractivity contribution in [3.63, 3.8) is 0 Å². The van der Waals surface area contributed by atoms with Gasteiger partial charge in [-0.3, -0.25) is 14.6 Å². The fourth-order valence-electron chi connectivity index (χ4n) is 4.78. The standard InChI is InChI=1S/C28H36N4O2/c1-3-5-9-19-12-14-24-22(17-19)21(23(30-24)11-6-4-2)13-15-25-27(33)32-26(28(34)31-25)18-20-10-7-8-16-29-20/h7-8,10,12,14,16-17,25-26,30H,3-6,9,11,13,15,18H2,1-2H3,(H,31,34)(H,32,33)/t25-,26+/m1/s1. The van der Waals surface area contributed by atoms with Crippen LogP contribution in [-0.2, 0) is 35.3 Å². The molecular formula is C28H36N4O2. The number of unbranched alkanes of at least 4 members (excludes halogenated alkanes) is 2. The summed E-state index contributed by atoms with van der Waals surface area (Å²) in [6.45, 7) is 4.42. The van der Waals surface area contributed by atoms with Crippen molar-refractivity contribution in [3.8, 4) is 0 Å². The lowest BCUT2D eigenvalue weighted by Crippen LogP contribution is -2.62. The Bertz CT molecular complexity index is 1120. The minimum atomic E-state index is -0.576. The van der Waals surface area contributed by atoms with E-state index < -0.39 is 12.1 Å². The number of fused-ring (bicyclic) bond motifs is 1. The number of benzene rings is 1. The summed E-state index contributed by atoms with van der Waals surface area (Å²) in [7, 11) is 0. The average Bonchev–Trinajstić information content (AvgIpc) is 3.19. The van der Waals surface area contributed by atoms with Crippen LogP contribution in [0.5, 0.6) is 0 Å². The van der Waals surface area contributed by atoms with Gasteiger partial charge in [0.05, 0.1) is 0 Å². The molecule has 0 aliphatic carbocycles. The molecule has 1 fully saturated rings. The molecule has 2 aromatic heterocycles. The Balaban J connectivity index is 1.47. The second kappa shape index (κ2) is 11.3. The van der Waals surface area contributed by atoms with Gasteiger partial charge in [0.25, 0.3) is 0 Å². The smallest absolute Gasteiger partial charge is 0.243 e. The van der Waals surface area contributed by atoms with Crippen molar-refractivity contribution in [2.75, 3.05) is 0 Å². The second-order valence-corrected chi connectivity index (χ2v) is 9.36. The summed E-state index contributed by atoms with van der Waals surface area (Å²) >= 11 is 0. The van der Waals surface area contributed by atoms with Crippen molar-refractivity contribution in [1.29, 1.82) is 0 Å². The van der Waals surface area contributed by atoms with Gasteiger partial charge in [0, 0.05) is 34.9 Å². The molecule has 1 aromatic carbocycles. The molecule has 180 valence electrons. The van der Waals surface area contributed by atoms with Gasteiger partial charge in [-0.05, 0) is 73.9 Å². The zero-order valence-corrected chi connectivity index (χ0v) is 20.3. The third-order valence-corrected chi connectivity index (χ3v) is 6.75. The van der Waals surface area contributed by atoms with Crippen LogP contribution in [0.15, 0.2) is 42.6 Å². The van der Waals surface area contributed by atoms with Crippen LogP contribution in [0.4, 0.5) is 0 Å². The minimum absolute atomic E-state index is 0.112. The van der Waals surface area contributed by atoms with Crippen molar-refractivity contribution in [3.05, 3.63) is 65.1 Å². The van der Waals surface area contributed by atoms with Gasteiger partial charge >= 0.3 is 0 Å². The number of piperazine rings is 1. The Morgan fingerprint density at radius 2 is 1.65 bits per heavy atom. The zero-order chi connectivity index (χ0) is 23.9. The van der Waals surface area contributed by atoms with E-state index in [1.165, 1.54) is 35.0 Å². The van der Waals surface area contributed by atoms with E-state index in [0.29, 0.717) is 12.8 Å². The Hall–Kier alpha value is -3.15. The Kier molecular flexibility index (Phi) is 7.99. The van der Waals surface area contributed by atoms with E-state index in [9.17, 15) is 9.59 Å². The maximum atomic E-state index is 12.8. The van der Waals surface area contributed by atoms with Crippen LogP contribution in [0.2, 0.25) is 0 Å². The molecular weight excluding hydrogens is 424 g/mol. The number of carbonyl (C=O) groups is 2. The van der Waals surface area contributed by atoms with Crippen LogP contribution in [0.25, 0.3) is 10.9 Å². The molecule has 34 heavy (non-hydrogen) atoms. The van der Waals surface area contributed by atoms with Gasteiger partial charge in [0.15, 0.2) is 0 Å². The highest BCUT2D eigenvalue weighted by Gasteiger charge is 2.33. The zero-order valence-electron chi connectivity index (χ0n) is 20.3. The normalized spacial score (nSPS) is 18.2. The van der Waals surface area contributed by atoms with E-state index in [0.717, 1.165) is 43.3 Å². The van der Waals surface area contributed by atoms with Crippen LogP contribution >= 0.6 is 0 Å². The molecule has 3 aromatic rings. The van der Waals surface area contributed by atoms with Crippen molar-refractivity contribution in [2.45, 2.75) is 83.7 Å². The third-order valence-electron chi connectivity index (χ3n) is 6.75. The predicted octanol–water partition coefficient (Wildman–Crippen LogP) is 4.41. The molecule has 0 radical (unpaired) electrons. The van der Waals surface area contributed by atoms with Gasteiger partial charge in [-0.15, -0.1) is 0 Å². The largest absolute Gasteiger partial charge is 0.358 e. The maximum Gasteiger partial charge on any atom is 0.243 e. The summed E-state index contributed by atoms with van der Waals surface area (Å²) in [6, 6.07) is 11.2. The van der Waals surface area contributed by atoms with E-state index in [-0.39, 0.29) is 11.8 Å². The first-order valence-electron chi connectivity index (χ1n) is 12.7. The number of nitrogens with zero attached hydrogens (tertiary/aromatic N) is 1. The number of rotatable bonds is 11. The molecule has 2 atom stereocenters. The molecule has 1 aliphatic rings. The first-order chi connectivity index (χ1) is 16.6. The van der Waals surface area contributed by atoms with Crippen molar-refractivity contribution in [1.82, 2.24) is 20.6 Å². The molecule has 2 amide bonds. The number of nitrogens with one attached hydrogen (secondary N) is 3. The minimum Gasteiger partial charge on any atom is -0.358 e. The van der Waals surface area contributed by atoms with E-state index in [1.54, 1.807) is 6.20 Å². The van der Waals surface area contributed by atoms with Gasteiger partial charge in [0.1, 0.15) is 12.1 Å². The molecule has 6 nitrogen and oxygen atoms in total. The molecule has 6 heteroatoms. The molecule has 4 rings (SSSR count). The fourth-order valence-corrected chi connectivity index (χ4v) is 4.78. The maximum absolute atomic E-state index is 12.8. The Morgan fingerprint density at radius 3 is 2.41 bits per heavy atom. The Morgan fingerprint density at radius 1 is 0.882 bits per heavy atom. The van der Waals surface area contributed by atoms with E-state index >= 15 is 0 Å². The van der Waals surface area contributed by atoms with Crippen molar-refractivity contribution >= 4 is 22.7 Å². The fraction of sp³-hybridized carbons (Fsp3) is 0.464. The van der Waals surface area contributed by atoms with Crippen LogP contribution in [0.1, 0.15) is 68.5 Å². The summed E-state index contributed by atoms with van der Waals surface area (Å²) in [4.78, 5) is 33.5. The Labute approximate surface area is 201 Å². The summed E-state index contributed by atoms with van der Waals surface area (Å²) in [5.74, 6) is -0.249. The van der Waals surface area contributed by atoms with Gasteiger partial charge in [0.2, 0.25) is 11.8 Å². The molecule has 1 aliphatic heterocycles. The molecule has 0 unspecified atom stereocenters. The first-order valence-corrected chi connectivity index (χ1v) is 12.7. The number of hydrogen-bond donors (Lipinski definition) is 3. The number of aromatic nitrogens is 2. The number of H-pyrrole nitrogens is 1. The number of aryl methyl sites for hydroxylation is 3. The molecule has 1 saturated heterocycles. The van der Waals surface area contributed by atoms with Gasteiger partial charge < -0.3 is 15.6 Å². The second-order valence-electron chi connectivity index (χ2n) is 9.36. The highest BCUT2D eigenvalue weighted by Crippen LogP contribution is 2.27. The summed E-state index contributed by atoms with van der Waals surface area (Å²) < 4.78 is 0. The summed E-state index contributed by atoms with van der Waals surface area (Å²) in [6.07, 6.45) is 10.1. The molecule has 3 N–H and O–H groups in total. The first kappa shape index (κ1) is 24.0. The van der Waals surface area contributed by atoms with E-state index in [1.807, 2.05) is 18.2 Å². The van der Waals surface area contributed by atoms with E-state index in [2.05, 4.69) is 52.6 Å². The quantitative estimate of drug-likeness (QED) is 0.396. The number of pyridine rings is 1. The predicted molar refractivity (Wildman–Crippen MR) is 136 cm³/mol. The topological polar surface area (TPSA) is 86.9 Å². The summed E-state index contributed by atoms with van der Waals surface area (Å²) in [5.41, 5.74) is 5.87. The monoisotopic (exact) mass is 460 g/mol. The number of carbonyl (C=O) groups excluding carboxylic acids is 2. The van der Waals surface area contributed by atoms with Gasteiger partial charge in [-0.25, -0.2) is 0 Å². The lowest BCUT2D eigenvalue weighted by atomic mass is 9.96. The molecule has 0 saturated carbocycles. The highest BCUT2D eigenvalue weighted by atomic mass is 16.2. The lowest BCUT2D eigenvalue weighted by molar-refractivity contribution is -0.136. The number of hydrogen-bond acceptors (Lipinski definition) is 3. The highest BCUT2D eigenvalue weighted by molar-refractivity contribution is 5.97. The van der Waals surface area contributed by atoms with Gasteiger partial charge in [-0.2, -0.15) is 0 Å². The number of aromatic amines is 1. The third kappa shape index (κ3) is 5.66. The van der Waals surface area contributed by atoms with Crippen LogP contribution < -0.4 is 10.6 Å². The summed E-state index contributed by atoms with van der Waals surface area (Å²) in [5, 5.41) is 7.13. The molecule has 0 bridgehead atoms. The van der Waals surface area contributed by atoms with Crippen molar-refractivity contribution in [2.24, 2.45) is 0 Å². The lowest BCUT2D eigenvalue weighted by Gasteiger charge is -2.29. The van der Waals surface area contributed by atoms with E-state index in [4.69, 9.17) is 0 Å². The van der Waals surface area contributed by atoms with Gasteiger partial charge in [-0.1, -0.05) is 38.8 Å². The average molecular weight is 461 g/mol. The van der Waals surface area contributed by atoms with Crippen LogP contribution in [0.3, 0.4) is 0 Å².